The average Bonchev–Trinajstić information content (AvgIpc) is 3.17. The Morgan fingerprint density at radius 1 is 1.43 bits per heavy atom. The Morgan fingerprint density at radius 3 is 2.86 bits per heavy atom. The quantitative estimate of drug-likeness (QED) is 0.792. The van der Waals surface area contributed by atoms with Gasteiger partial charge in [-0.3, -0.25) is 0 Å². The number of nitrogens with two attached hydrogens (primary N) is 1. The number of nitrogens with zero attached hydrogens (tertiary/aromatic N) is 1. The molecule has 3 rings (SSSR count). The lowest BCUT2D eigenvalue weighted by Gasteiger charge is -2.21. The Bertz CT molecular complexity index is 750. The van der Waals surface area contributed by atoms with E-state index in [1.807, 2.05) is 0 Å². The van der Waals surface area contributed by atoms with Gasteiger partial charge in [0.25, 0.3) is 0 Å². The fourth-order valence-corrected chi connectivity index (χ4v) is 4.33. The van der Waals surface area contributed by atoms with Gasteiger partial charge in [0.2, 0.25) is 10.0 Å². The van der Waals surface area contributed by atoms with Crippen molar-refractivity contribution in [1.82, 2.24) is 9.29 Å². The number of benzene rings is 1. The monoisotopic (exact) mass is 309 g/mol. The number of hydrogen-bond donors (Lipinski definition) is 2. The van der Waals surface area contributed by atoms with Gasteiger partial charge in [-0.1, -0.05) is 0 Å². The number of fused-ring (bicyclic) bond motifs is 1. The van der Waals surface area contributed by atoms with Crippen molar-refractivity contribution in [3.8, 4) is 0 Å². The molecule has 21 heavy (non-hydrogen) atoms. The van der Waals surface area contributed by atoms with Gasteiger partial charge in [-0.2, -0.15) is 4.31 Å². The third-order valence-electron chi connectivity index (χ3n) is 3.72. The van der Waals surface area contributed by atoms with Crippen LogP contribution in [0.5, 0.6) is 0 Å². The summed E-state index contributed by atoms with van der Waals surface area (Å²) in [5, 5.41) is 0.673. The fraction of sp³-hybridized carbons (Fsp3) is 0.429. The molecule has 7 heteroatoms. The van der Waals surface area contributed by atoms with E-state index in [4.69, 9.17) is 10.5 Å². The summed E-state index contributed by atoms with van der Waals surface area (Å²) in [5.74, 6) is 0. The first-order chi connectivity index (χ1) is 10.0. The first-order valence-corrected chi connectivity index (χ1v) is 8.35. The standard InChI is InChI=1S/C14H19N3O3S/c1-20-7-6-17(11-3-4-11)21(18,19)14-9-16-13-8-10(15)2-5-12(13)14/h2,5,8-9,11,16H,3-4,6-7,15H2,1H3. The number of sulfonamides is 1. The van der Waals surface area contributed by atoms with Crippen LogP contribution in [0.1, 0.15) is 12.8 Å². The van der Waals surface area contributed by atoms with E-state index in [0.717, 1.165) is 18.4 Å². The van der Waals surface area contributed by atoms with Crippen molar-refractivity contribution >= 4 is 26.6 Å². The van der Waals surface area contributed by atoms with Crippen LogP contribution in [-0.4, -0.2) is 44.0 Å². The van der Waals surface area contributed by atoms with Crippen LogP contribution < -0.4 is 5.73 Å². The summed E-state index contributed by atoms with van der Waals surface area (Å²) >= 11 is 0. The maximum Gasteiger partial charge on any atom is 0.245 e. The maximum atomic E-state index is 12.9. The average molecular weight is 309 g/mol. The smallest absolute Gasteiger partial charge is 0.245 e. The Labute approximate surface area is 123 Å². The molecule has 0 aliphatic heterocycles. The van der Waals surface area contributed by atoms with Gasteiger partial charge in [-0.25, -0.2) is 8.42 Å². The molecular formula is C14H19N3O3S. The van der Waals surface area contributed by atoms with Crippen molar-refractivity contribution in [2.45, 2.75) is 23.8 Å². The topological polar surface area (TPSA) is 88.4 Å². The Morgan fingerprint density at radius 2 is 2.19 bits per heavy atom. The number of ether oxygens (including phenoxy) is 1. The van der Waals surface area contributed by atoms with E-state index in [-0.39, 0.29) is 6.04 Å². The number of aromatic nitrogens is 1. The fourth-order valence-electron chi connectivity index (χ4n) is 2.50. The summed E-state index contributed by atoms with van der Waals surface area (Å²) in [6.45, 7) is 0.774. The molecule has 0 unspecified atom stereocenters. The molecule has 1 aliphatic carbocycles. The highest BCUT2D eigenvalue weighted by Gasteiger charge is 2.38. The number of rotatable bonds is 6. The third kappa shape index (κ3) is 2.64. The van der Waals surface area contributed by atoms with Crippen molar-refractivity contribution in [2.75, 3.05) is 26.0 Å². The van der Waals surface area contributed by atoms with E-state index < -0.39 is 10.0 Å². The lowest BCUT2D eigenvalue weighted by atomic mass is 10.2. The second-order valence-electron chi connectivity index (χ2n) is 5.30. The summed E-state index contributed by atoms with van der Waals surface area (Å²) in [6, 6.07) is 5.30. The normalized spacial score (nSPS) is 15.9. The van der Waals surface area contributed by atoms with Crippen molar-refractivity contribution in [3.63, 3.8) is 0 Å². The number of aromatic amines is 1. The molecule has 1 saturated carbocycles. The van der Waals surface area contributed by atoms with E-state index in [2.05, 4.69) is 4.98 Å². The molecule has 0 atom stereocenters. The minimum Gasteiger partial charge on any atom is -0.399 e. The van der Waals surface area contributed by atoms with Gasteiger partial charge >= 0.3 is 0 Å². The molecule has 1 fully saturated rings. The van der Waals surface area contributed by atoms with Gasteiger partial charge in [0, 0.05) is 42.5 Å². The van der Waals surface area contributed by atoms with Gasteiger partial charge in [0.15, 0.2) is 0 Å². The number of anilines is 1. The molecule has 0 amide bonds. The molecule has 1 heterocycles. The minimum atomic E-state index is -3.52. The van der Waals surface area contributed by atoms with Crippen LogP contribution in [0.4, 0.5) is 5.69 Å². The second kappa shape index (κ2) is 5.32. The van der Waals surface area contributed by atoms with E-state index >= 15 is 0 Å². The minimum absolute atomic E-state index is 0.101. The zero-order chi connectivity index (χ0) is 15.0. The molecule has 2 aromatic rings. The molecule has 6 nitrogen and oxygen atoms in total. The van der Waals surface area contributed by atoms with Crippen molar-refractivity contribution < 1.29 is 13.2 Å². The largest absolute Gasteiger partial charge is 0.399 e. The van der Waals surface area contributed by atoms with Gasteiger partial charge in [0.05, 0.1) is 6.61 Å². The first kappa shape index (κ1) is 14.4. The highest BCUT2D eigenvalue weighted by molar-refractivity contribution is 7.89. The van der Waals surface area contributed by atoms with E-state index in [0.29, 0.717) is 29.1 Å². The van der Waals surface area contributed by atoms with Crippen LogP contribution in [-0.2, 0) is 14.8 Å². The number of methoxy groups -OCH3 is 1. The molecule has 1 aliphatic rings. The molecule has 0 saturated heterocycles. The van der Waals surface area contributed by atoms with Crippen LogP contribution in [0, 0.1) is 0 Å². The van der Waals surface area contributed by atoms with Crippen LogP contribution in [0.3, 0.4) is 0 Å². The highest BCUT2D eigenvalue weighted by atomic mass is 32.2. The molecule has 114 valence electrons. The molecular weight excluding hydrogens is 290 g/mol. The Balaban J connectivity index is 2.02. The van der Waals surface area contributed by atoms with Crippen LogP contribution in [0.15, 0.2) is 29.3 Å². The Kier molecular flexibility index (Phi) is 3.64. The van der Waals surface area contributed by atoms with Gasteiger partial charge in [-0.05, 0) is 31.0 Å². The summed E-state index contributed by atoms with van der Waals surface area (Å²) in [6.07, 6.45) is 3.37. The second-order valence-corrected chi connectivity index (χ2v) is 7.16. The van der Waals surface area contributed by atoms with Crippen LogP contribution in [0.2, 0.25) is 0 Å². The SMILES string of the molecule is COCCN(C1CC1)S(=O)(=O)c1c[nH]c2cc(N)ccc12. The predicted octanol–water partition coefficient (Wildman–Crippen LogP) is 1.55. The zero-order valence-electron chi connectivity index (χ0n) is 11.9. The molecule has 3 N–H and O–H groups in total. The molecule has 1 aromatic heterocycles. The molecule has 0 radical (unpaired) electrons. The number of nitrogens with one attached hydrogen (secondary N) is 1. The summed E-state index contributed by atoms with van der Waals surface area (Å²) in [4.78, 5) is 3.29. The predicted molar refractivity (Wildman–Crippen MR) is 81.5 cm³/mol. The van der Waals surface area contributed by atoms with Crippen molar-refractivity contribution in [2.24, 2.45) is 0 Å². The number of H-pyrrole nitrogens is 1. The maximum absolute atomic E-state index is 12.9. The van der Waals surface area contributed by atoms with E-state index in [1.54, 1.807) is 35.8 Å². The van der Waals surface area contributed by atoms with Crippen LogP contribution >= 0.6 is 0 Å². The van der Waals surface area contributed by atoms with Crippen molar-refractivity contribution in [3.05, 3.63) is 24.4 Å². The van der Waals surface area contributed by atoms with Crippen LogP contribution in [0.25, 0.3) is 10.9 Å². The lowest BCUT2D eigenvalue weighted by Crippen LogP contribution is -2.35. The van der Waals surface area contributed by atoms with E-state index in [9.17, 15) is 8.42 Å². The van der Waals surface area contributed by atoms with Gasteiger partial charge < -0.3 is 15.5 Å². The lowest BCUT2D eigenvalue weighted by molar-refractivity contribution is 0.177. The third-order valence-corrected chi connectivity index (χ3v) is 5.72. The molecule has 0 bridgehead atoms. The van der Waals surface area contributed by atoms with Gasteiger partial charge in [0.1, 0.15) is 4.90 Å². The zero-order valence-corrected chi connectivity index (χ0v) is 12.7. The van der Waals surface area contributed by atoms with Gasteiger partial charge in [-0.15, -0.1) is 0 Å². The molecule has 0 spiro atoms. The Hall–Kier alpha value is -1.57. The van der Waals surface area contributed by atoms with Crippen molar-refractivity contribution in [1.29, 1.82) is 0 Å². The number of hydrogen-bond acceptors (Lipinski definition) is 4. The summed E-state index contributed by atoms with van der Waals surface area (Å²) in [5.41, 5.74) is 7.07. The first-order valence-electron chi connectivity index (χ1n) is 6.91. The molecule has 1 aromatic carbocycles. The highest BCUT2D eigenvalue weighted by Crippen LogP contribution is 2.34. The van der Waals surface area contributed by atoms with E-state index in [1.165, 1.54) is 0 Å². The number of nitrogen functional groups attached to an aromatic ring is 1. The summed E-state index contributed by atoms with van der Waals surface area (Å²) in [7, 11) is -1.95. The summed E-state index contributed by atoms with van der Waals surface area (Å²) < 4.78 is 32.4.